The lowest BCUT2D eigenvalue weighted by Crippen LogP contribution is -2.64. The normalized spacial score (nSPS) is 27.9. The summed E-state index contributed by atoms with van der Waals surface area (Å²) in [5.41, 5.74) is 7.69. The zero-order chi connectivity index (χ0) is 30.9. The molecule has 4 unspecified atom stereocenters. The highest BCUT2D eigenvalue weighted by molar-refractivity contribution is 5.16. The maximum Gasteiger partial charge on any atom is 0.187 e. The number of hydrogen-bond donors (Lipinski definition) is 1. The molecule has 0 saturated carbocycles. The third-order valence-electron chi connectivity index (χ3n) is 8.00. The lowest BCUT2D eigenvalue weighted by atomic mass is 9.97. The standard InChI is InChI=1S/C34H59NO8/c1-6-10-19-36-25(5)29(37-20-11-7-2)27(35)23-40-34-32(39-22-13-9-4)31(38-21-12-8-3)30-28(42-34)24-41-33(43-30)26-17-15-14-16-18-26/h14-18,25,27-34H,6-13,19-24,35H2,1-5H3/t25-,27+,28?,29-,30+,31?,32?,33?,34+/m1/s1. The smallest absolute Gasteiger partial charge is 0.187 e. The summed E-state index contributed by atoms with van der Waals surface area (Å²) in [7, 11) is 0. The number of nitrogens with two attached hydrogens (primary N) is 1. The fourth-order valence-electron chi connectivity index (χ4n) is 5.33. The minimum absolute atomic E-state index is 0.157. The van der Waals surface area contributed by atoms with Crippen LogP contribution in [-0.2, 0) is 37.9 Å². The number of rotatable bonds is 22. The van der Waals surface area contributed by atoms with Crippen LogP contribution in [0.25, 0.3) is 0 Å². The molecule has 43 heavy (non-hydrogen) atoms. The molecule has 248 valence electrons. The summed E-state index contributed by atoms with van der Waals surface area (Å²) in [6, 6.07) is 9.56. The van der Waals surface area contributed by atoms with Crippen LogP contribution in [0.5, 0.6) is 0 Å². The first-order valence-electron chi connectivity index (χ1n) is 16.8. The summed E-state index contributed by atoms with van der Waals surface area (Å²) >= 11 is 0. The lowest BCUT2D eigenvalue weighted by molar-refractivity contribution is -0.371. The van der Waals surface area contributed by atoms with Gasteiger partial charge in [-0.25, -0.2) is 0 Å². The maximum atomic E-state index is 6.73. The van der Waals surface area contributed by atoms with E-state index < -0.39 is 24.7 Å². The molecule has 0 spiro atoms. The van der Waals surface area contributed by atoms with E-state index >= 15 is 0 Å². The summed E-state index contributed by atoms with van der Waals surface area (Å²) in [4.78, 5) is 0. The van der Waals surface area contributed by atoms with Gasteiger partial charge in [0.05, 0.1) is 25.4 Å². The third-order valence-corrected chi connectivity index (χ3v) is 8.00. The Balaban J connectivity index is 1.75. The summed E-state index contributed by atoms with van der Waals surface area (Å²) in [6.45, 7) is 13.7. The zero-order valence-electron chi connectivity index (χ0n) is 27.3. The highest BCUT2D eigenvalue weighted by atomic mass is 16.8. The van der Waals surface area contributed by atoms with Crippen LogP contribution in [0.4, 0.5) is 0 Å². The van der Waals surface area contributed by atoms with Crippen molar-refractivity contribution in [2.45, 2.75) is 141 Å². The summed E-state index contributed by atoms with van der Waals surface area (Å²) < 4.78 is 50.9. The Morgan fingerprint density at radius 2 is 1.37 bits per heavy atom. The van der Waals surface area contributed by atoms with E-state index in [1.54, 1.807) is 0 Å². The first kappa shape index (κ1) is 36.3. The molecule has 2 aliphatic rings. The van der Waals surface area contributed by atoms with Crippen molar-refractivity contribution in [1.29, 1.82) is 0 Å². The average molecular weight is 610 g/mol. The van der Waals surface area contributed by atoms with Crippen molar-refractivity contribution < 1.29 is 37.9 Å². The molecule has 2 aliphatic heterocycles. The van der Waals surface area contributed by atoms with Crippen LogP contribution in [0.15, 0.2) is 30.3 Å². The first-order valence-corrected chi connectivity index (χ1v) is 16.8. The van der Waals surface area contributed by atoms with Gasteiger partial charge in [-0.2, -0.15) is 0 Å². The van der Waals surface area contributed by atoms with Gasteiger partial charge in [0, 0.05) is 32.0 Å². The van der Waals surface area contributed by atoms with E-state index in [0.717, 1.165) is 56.9 Å². The minimum atomic E-state index is -0.691. The maximum absolute atomic E-state index is 6.73. The fourth-order valence-corrected chi connectivity index (χ4v) is 5.33. The van der Waals surface area contributed by atoms with Crippen LogP contribution in [-0.4, -0.2) is 88.6 Å². The van der Waals surface area contributed by atoms with Crippen LogP contribution >= 0.6 is 0 Å². The summed E-state index contributed by atoms with van der Waals surface area (Å²) in [5.74, 6) is 0. The molecule has 3 rings (SSSR count). The van der Waals surface area contributed by atoms with Gasteiger partial charge < -0.3 is 43.6 Å². The van der Waals surface area contributed by atoms with Crippen LogP contribution in [0.3, 0.4) is 0 Å². The molecule has 0 aliphatic carbocycles. The van der Waals surface area contributed by atoms with E-state index in [1.807, 2.05) is 37.3 Å². The number of fused-ring (bicyclic) bond motifs is 1. The van der Waals surface area contributed by atoms with Crippen molar-refractivity contribution in [3.05, 3.63) is 35.9 Å². The molecule has 9 atom stereocenters. The van der Waals surface area contributed by atoms with Gasteiger partial charge >= 0.3 is 0 Å². The average Bonchev–Trinajstić information content (AvgIpc) is 3.03. The molecular weight excluding hydrogens is 550 g/mol. The van der Waals surface area contributed by atoms with E-state index in [2.05, 4.69) is 27.7 Å². The van der Waals surface area contributed by atoms with Gasteiger partial charge in [0.15, 0.2) is 12.6 Å². The van der Waals surface area contributed by atoms with Crippen LogP contribution in [0.1, 0.15) is 97.8 Å². The second-order valence-corrected chi connectivity index (χ2v) is 11.7. The van der Waals surface area contributed by atoms with Crippen molar-refractivity contribution >= 4 is 0 Å². The Kier molecular flexibility index (Phi) is 17.6. The molecule has 2 fully saturated rings. The van der Waals surface area contributed by atoms with E-state index in [4.69, 9.17) is 43.6 Å². The van der Waals surface area contributed by atoms with Gasteiger partial charge in [0.25, 0.3) is 0 Å². The number of ether oxygens (including phenoxy) is 8. The Morgan fingerprint density at radius 3 is 2.02 bits per heavy atom. The molecule has 1 aromatic carbocycles. The lowest BCUT2D eigenvalue weighted by Gasteiger charge is -2.49. The second kappa shape index (κ2) is 20.8. The monoisotopic (exact) mass is 609 g/mol. The van der Waals surface area contributed by atoms with Crippen molar-refractivity contribution in [3.8, 4) is 0 Å². The zero-order valence-corrected chi connectivity index (χ0v) is 27.3. The van der Waals surface area contributed by atoms with Gasteiger partial charge in [-0.1, -0.05) is 83.7 Å². The van der Waals surface area contributed by atoms with Gasteiger partial charge in [-0.15, -0.1) is 0 Å². The van der Waals surface area contributed by atoms with Gasteiger partial charge in [0.2, 0.25) is 0 Å². The topological polar surface area (TPSA) is 99.9 Å². The Bertz CT molecular complexity index is 832. The van der Waals surface area contributed by atoms with Crippen LogP contribution in [0.2, 0.25) is 0 Å². The van der Waals surface area contributed by atoms with Crippen molar-refractivity contribution in [3.63, 3.8) is 0 Å². The van der Waals surface area contributed by atoms with Crippen molar-refractivity contribution in [1.82, 2.24) is 0 Å². The third kappa shape index (κ3) is 11.6. The predicted octanol–water partition coefficient (Wildman–Crippen LogP) is 5.93. The van der Waals surface area contributed by atoms with Gasteiger partial charge in [-0.05, 0) is 32.6 Å². The fraction of sp³-hybridized carbons (Fsp3) is 0.824. The van der Waals surface area contributed by atoms with Crippen LogP contribution in [0, 0.1) is 0 Å². The van der Waals surface area contributed by atoms with E-state index in [1.165, 1.54) is 0 Å². The SMILES string of the molecule is CCCCOC1C(OCCCC)[C@H]2OC(c3ccccc3)OCC2O[C@@H]1OC[C@H](N)[C@H](OCCCC)[C@@H](C)OCCCC. The largest absolute Gasteiger partial charge is 0.376 e. The predicted molar refractivity (Wildman–Crippen MR) is 167 cm³/mol. The summed E-state index contributed by atoms with van der Waals surface area (Å²) in [6.07, 6.45) is 4.76. The Hall–Kier alpha value is -1.14. The quantitative estimate of drug-likeness (QED) is 0.160. The van der Waals surface area contributed by atoms with E-state index in [0.29, 0.717) is 33.0 Å². The molecular formula is C34H59NO8. The van der Waals surface area contributed by atoms with Gasteiger partial charge in [0.1, 0.15) is 30.5 Å². The van der Waals surface area contributed by atoms with Crippen molar-refractivity contribution in [2.24, 2.45) is 5.73 Å². The van der Waals surface area contributed by atoms with Gasteiger partial charge in [-0.3, -0.25) is 0 Å². The Labute approximate surface area is 260 Å². The van der Waals surface area contributed by atoms with Crippen LogP contribution < -0.4 is 5.73 Å². The molecule has 0 aromatic heterocycles. The second-order valence-electron chi connectivity index (χ2n) is 11.7. The molecule has 2 N–H and O–H groups in total. The molecule has 2 saturated heterocycles. The highest BCUT2D eigenvalue weighted by Crippen LogP contribution is 2.37. The Morgan fingerprint density at radius 1 is 0.767 bits per heavy atom. The number of benzene rings is 1. The van der Waals surface area contributed by atoms with Crippen molar-refractivity contribution in [2.75, 3.05) is 39.6 Å². The summed E-state index contributed by atoms with van der Waals surface area (Å²) in [5, 5.41) is 0. The number of unbranched alkanes of at least 4 members (excludes halogenated alkanes) is 4. The molecule has 0 bridgehead atoms. The molecule has 1 aromatic rings. The minimum Gasteiger partial charge on any atom is -0.376 e. The first-order chi connectivity index (χ1) is 21.0. The molecule has 0 amide bonds. The van der Waals surface area contributed by atoms with E-state index in [-0.39, 0.29) is 37.1 Å². The molecule has 9 heteroatoms. The molecule has 2 heterocycles. The van der Waals surface area contributed by atoms with E-state index in [9.17, 15) is 0 Å². The highest BCUT2D eigenvalue weighted by Gasteiger charge is 2.52. The number of hydrogen-bond acceptors (Lipinski definition) is 9. The molecule has 9 nitrogen and oxygen atoms in total. The molecule has 0 radical (unpaired) electrons.